The molecule has 0 saturated heterocycles. The Balaban J connectivity index is 2.80. The molecule has 0 radical (unpaired) electrons. The van der Waals surface area contributed by atoms with E-state index in [-0.39, 0.29) is 24.1 Å². The second-order valence-corrected chi connectivity index (χ2v) is 5.68. The van der Waals surface area contributed by atoms with Crippen molar-refractivity contribution in [3.63, 3.8) is 0 Å². The molecule has 0 fully saturated rings. The topological polar surface area (TPSA) is 26.3 Å². The highest BCUT2D eigenvalue weighted by Gasteiger charge is 2.20. The molecule has 0 heterocycles. The minimum atomic E-state index is -0.516. The summed E-state index contributed by atoms with van der Waals surface area (Å²) in [6.07, 6.45) is 1.82. The summed E-state index contributed by atoms with van der Waals surface area (Å²) in [5.74, 6) is -0.847. The quantitative estimate of drug-likeness (QED) is 0.758. The lowest BCUT2D eigenvalue weighted by molar-refractivity contribution is -0.155. The lowest BCUT2D eigenvalue weighted by Gasteiger charge is -2.21. The Morgan fingerprint density at radius 2 is 2.11 bits per heavy atom. The van der Waals surface area contributed by atoms with Gasteiger partial charge >= 0.3 is 5.97 Å². The number of hydrogen-bond donors (Lipinski definition) is 0. The van der Waals surface area contributed by atoms with Crippen LogP contribution in [-0.4, -0.2) is 11.6 Å². The average Bonchev–Trinajstić information content (AvgIpc) is 2.26. The molecule has 1 aromatic carbocycles. The van der Waals surface area contributed by atoms with E-state index >= 15 is 0 Å². The van der Waals surface area contributed by atoms with Crippen molar-refractivity contribution in [2.24, 2.45) is 0 Å². The summed E-state index contributed by atoms with van der Waals surface area (Å²) in [5, 5.41) is 0. The fraction of sp³-hybridized carbons (Fsp3) is 0.438. The summed E-state index contributed by atoms with van der Waals surface area (Å²) in [4.78, 5) is 11.7. The van der Waals surface area contributed by atoms with Gasteiger partial charge in [-0.3, -0.25) is 4.79 Å². The fourth-order valence-corrected chi connectivity index (χ4v) is 1.81. The number of carbonyl (C=O) groups excluding carboxylic acids is 1. The van der Waals surface area contributed by atoms with Crippen LogP contribution in [-0.2, 0) is 9.53 Å². The van der Waals surface area contributed by atoms with E-state index in [0.717, 1.165) is 5.56 Å². The largest absolute Gasteiger partial charge is 0.460 e. The number of halogens is 1. The van der Waals surface area contributed by atoms with Crippen molar-refractivity contribution in [1.29, 1.82) is 0 Å². The lowest BCUT2D eigenvalue weighted by Crippen LogP contribution is -2.24. The smallest absolute Gasteiger partial charge is 0.306 e. The van der Waals surface area contributed by atoms with E-state index in [9.17, 15) is 9.18 Å². The predicted molar refractivity (Wildman–Crippen MR) is 75.4 cm³/mol. The van der Waals surface area contributed by atoms with Crippen LogP contribution in [0.25, 0.3) is 6.08 Å². The van der Waals surface area contributed by atoms with Gasteiger partial charge in [0.25, 0.3) is 0 Å². The van der Waals surface area contributed by atoms with Crippen molar-refractivity contribution in [2.45, 2.75) is 45.6 Å². The van der Waals surface area contributed by atoms with E-state index in [0.29, 0.717) is 5.56 Å². The van der Waals surface area contributed by atoms with E-state index in [1.165, 1.54) is 6.07 Å². The number of benzene rings is 1. The van der Waals surface area contributed by atoms with Crippen LogP contribution < -0.4 is 0 Å². The van der Waals surface area contributed by atoms with Gasteiger partial charge in [0.15, 0.2) is 0 Å². The SMILES string of the molecule is C=Cc1ccc(F)c([C@@H](C)CC(=O)OC(C)(C)C)c1. The summed E-state index contributed by atoms with van der Waals surface area (Å²) < 4.78 is 19.0. The van der Waals surface area contributed by atoms with Crippen molar-refractivity contribution >= 4 is 12.0 Å². The Bertz CT molecular complexity index is 472. The molecule has 0 aliphatic heterocycles. The first-order valence-corrected chi connectivity index (χ1v) is 6.36. The van der Waals surface area contributed by atoms with Crippen molar-refractivity contribution in [3.8, 4) is 0 Å². The van der Waals surface area contributed by atoms with Crippen LogP contribution in [0.5, 0.6) is 0 Å². The van der Waals surface area contributed by atoms with Gasteiger partial charge in [-0.25, -0.2) is 4.39 Å². The molecule has 1 atom stereocenters. The molecule has 0 unspecified atom stereocenters. The third-order valence-corrected chi connectivity index (χ3v) is 2.68. The van der Waals surface area contributed by atoms with Crippen LogP contribution in [0, 0.1) is 5.82 Å². The molecule has 0 aliphatic rings. The molecule has 0 bridgehead atoms. The standard InChI is InChI=1S/C16H21FO2/c1-6-12-7-8-14(17)13(10-12)11(2)9-15(18)19-16(3,4)5/h6-8,10-11H,1,9H2,2-5H3/t11-/m0/s1. The van der Waals surface area contributed by atoms with E-state index in [1.54, 1.807) is 18.2 Å². The van der Waals surface area contributed by atoms with Gasteiger partial charge in [-0.1, -0.05) is 25.6 Å². The Labute approximate surface area is 114 Å². The van der Waals surface area contributed by atoms with Gasteiger partial charge in [0.1, 0.15) is 11.4 Å². The molecule has 3 heteroatoms. The molecule has 104 valence electrons. The van der Waals surface area contributed by atoms with E-state index in [1.807, 2.05) is 27.7 Å². The average molecular weight is 264 g/mol. The lowest BCUT2D eigenvalue weighted by atomic mass is 9.95. The maximum absolute atomic E-state index is 13.8. The van der Waals surface area contributed by atoms with Crippen LogP contribution in [0.15, 0.2) is 24.8 Å². The predicted octanol–water partition coefficient (Wildman–Crippen LogP) is 4.30. The van der Waals surface area contributed by atoms with Crippen molar-refractivity contribution in [1.82, 2.24) is 0 Å². The highest BCUT2D eigenvalue weighted by atomic mass is 19.1. The second-order valence-electron chi connectivity index (χ2n) is 5.68. The Kier molecular flexibility index (Phi) is 4.87. The number of rotatable bonds is 4. The Hall–Kier alpha value is -1.64. The summed E-state index contributed by atoms with van der Waals surface area (Å²) in [7, 11) is 0. The minimum absolute atomic E-state index is 0.161. The van der Waals surface area contributed by atoms with Gasteiger partial charge < -0.3 is 4.74 Å². The maximum atomic E-state index is 13.8. The molecule has 0 aromatic heterocycles. The minimum Gasteiger partial charge on any atom is -0.460 e. The first-order chi connectivity index (χ1) is 8.73. The van der Waals surface area contributed by atoms with Crippen molar-refractivity contribution < 1.29 is 13.9 Å². The van der Waals surface area contributed by atoms with Crippen LogP contribution in [0.2, 0.25) is 0 Å². The van der Waals surface area contributed by atoms with Gasteiger partial charge in [-0.05, 0) is 49.9 Å². The van der Waals surface area contributed by atoms with E-state index in [4.69, 9.17) is 4.74 Å². The van der Waals surface area contributed by atoms with Crippen molar-refractivity contribution in [2.75, 3.05) is 0 Å². The first-order valence-electron chi connectivity index (χ1n) is 6.36. The van der Waals surface area contributed by atoms with Gasteiger partial charge in [0, 0.05) is 0 Å². The zero-order valence-electron chi connectivity index (χ0n) is 12.0. The summed E-state index contributed by atoms with van der Waals surface area (Å²) >= 11 is 0. The second kappa shape index (κ2) is 6.00. The number of carbonyl (C=O) groups is 1. The molecular formula is C16H21FO2. The molecule has 19 heavy (non-hydrogen) atoms. The van der Waals surface area contributed by atoms with Gasteiger partial charge in [0.05, 0.1) is 6.42 Å². The summed E-state index contributed by atoms with van der Waals surface area (Å²) in [5.41, 5.74) is 0.842. The number of ether oxygens (including phenoxy) is 1. The number of hydrogen-bond acceptors (Lipinski definition) is 2. The van der Waals surface area contributed by atoms with Gasteiger partial charge in [-0.15, -0.1) is 0 Å². The molecule has 0 N–H and O–H groups in total. The van der Waals surface area contributed by atoms with Crippen molar-refractivity contribution in [3.05, 3.63) is 41.7 Å². The molecule has 0 saturated carbocycles. The maximum Gasteiger partial charge on any atom is 0.306 e. The molecular weight excluding hydrogens is 243 g/mol. The highest BCUT2D eigenvalue weighted by Crippen LogP contribution is 2.25. The molecule has 1 rings (SSSR count). The van der Waals surface area contributed by atoms with E-state index < -0.39 is 5.60 Å². The van der Waals surface area contributed by atoms with Crippen LogP contribution >= 0.6 is 0 Å². The molecule has 0 amide bonds. The first kappa shape index (κ1) is 15.4. The zero-order valence-corrected chi connectivity index (χ0v) is 12.0. The van der Waals surface area contributed by atoms with Crippen LogP contribution in [0.4, 0.5) is 4.39 Å². The normalized spacial score (nSPS) is 12.9. The monoisotopic (exact) mass is 264 g/mol. The summed E-state index contributed by atoms with van der Waals surface area (Å²) in [6, 6.07) is 4.78. The summed E-state index contributed by atoms with van der Waals surface area (Å²) in [6.45, 7) is 10.9. The Morgan fingerprint density at radius 3 is 2.63 bits per heavy atom. The third kappa shape index (κ3) is 4.86. The van der Waals surface area contributed by atoms with E-state index in [2.05, 4.69) is 6.58 Å². The third-order valence-electron chi connectivity index (χ3n) is 2.68. The molecule has 0 spiro atoms. The van der Waals surface area contributed by atoms with Crippen LogP contribution in [0.1, 0.15) is 51.2 Å². The van der Waals surface area contributed by atoms with Gasteiger partial charge in [0.2, 0.25) is 0 Å². The highest BCUT2D eigenvalue weighted by molar-refractivity contribution is 5.71. The molecule has 0 aliphatic carbocycles. The molecule has 1 aromatic rings. The van der Waals surface area contributed by atoms with Crippen LogP contribution in [0.3, 0.4) is 0 Å². The molecule has 2 nitrogen and oxygen atoms in total. The van der Waals surface area contributed by atoms with Gasteiger partial charge in [-0.2, -0.15) is 0 Å². The fourth-order valence-electron chi connectivity index (χ4n) is 1.81. The number of esters is 1. The Morgan fingerprint density at radius 1 is 1.47 bits per heavy atom. The zero-order chi connectivity index (χ0) is 14.6.